The molecule has 0 bridgehead atoms. The first kappa shape index (κ1) is 12.8. The summed E-state index contributed by atoms with van der Waals surface area (Å²) < 4.78 is 0. The van der Waals surface area contributed by atoms with E-state index in [9.17, 15) is 4.79 Å². The highest BCUT2D eigenvalue weighted by Gasteiger charge is 2.35. The van der Waals surface area contributed by atoms with Crippen molar-refractivity contribution in [3.63, 3.8) is 0 Å². The number of amides is 1. The van der Waals surface area contributed by atoms with E-state index in [0.717, 1.165) is 45.3 Å². The quantitative estimate of drug-likeness (QED) is 0.694. The molecule has 2 saturated heterocycles. The number of hydroxylamine groups is 1. The maximum absolute atomic E-state index is 12.0. The van der Waals surface area contributed by atoms with Crippen LogP contribution in [0.1, 0.15) is 32.6 Å². The molecule has 2 rings (SSSR count). The zero-order valence-corrected chi connectivity index (χ0v) is 10.6. The van der Waals surface area contributed by atoms with E-state index < -0.39 is 0 Å². The third-order valence-corrected chi connectivity index (χ3v) is 3.69. The maximum Gasteiger partial charge on any atom is 0.260 e. The summed E-state index contributed by atoms with van der Waals surface area (Å²) in [7, 11) is 0. The Hall–Kier alpha value is -0.650. The van der Waals surface area contributed by atoms with Crippen molar-refractivity contribution in [3.8, 4) is 0 Å². The lowest BCUT2D eigenvalue weighted by Crippen LogP contribution is -2.50. The number of hydrogen-bond acceptors (Lipinski definition) is 4. The molecule has 0 aromatic rings. The van der Waals surface area contributed by atoms with Gasteiger partial charge in [0.05, 0.1) is 12.6 Å². The van der Waals surface area contributed by atoms with Gasteiger partial charge in [0.1, 0.15) is 0 Å². The van der Waals surface area contributed by atoms with Crippen LogP contribution in [0.15, 0.2) is 0 Å². The van der Waals surface area contributed by atoms with Crippen molar-refractivity contribution in [2.45, 2.75) is 44.7 Å². The van der Waals surface area contributed by atoms with E-state index in [4.69, 9.17) is 4.84 Å². The number of rotatable bonds is 4. The van der Waals surface area contributed by atoms with E-state index >= 15 is 0 Å². The topological polar surface area (TPSA) is 53.6 Å². The summed E-state index contributed by atoms with van der Waals surface area (Å²) in [6.45, 7) is 5.59. The van der Waals surface area contributed by atoms with Crippen molar-refractivity contribution < 1.29 is 9.63 Å². The Morgan fingerprint density at radius 2 is 2.18 bits per heavy atom. The molecule has 2 N–H and O–H groups in total. The summed E-state index contributed by atoms with van der Waals surface area (Å²) >= 11 is 0. The number of nitrogens with zero attached hydrogens (tertiary/aromatic N) is 1. The zero-order chi connectivity index (χ0) is 12.1. The van der Waals surface area contributed by atoms with Crippen molar-refractivity contribution in [1.29, 1.82) is 0 Å². The smallest absolute Gasteiger partial charge is 0.260 e. The number of nitrogens with one attached hydrogen (secondary N) is 2. The van der Waals surface area contributed by atoms with Gasteiger partial charge < -0.3 is 5.32 Å². The van der Waals surface area contributed by atoms with E-state index in [2.05, 4.69) is 15.7 Å². The fourth-order valence-corrected chi connectivity index (χ4v) is 2.86. The first-order valence-electron chi connectivity index (χ1n) is 6.71. The van der Waals surface area contributed by atoms with Gasteiger partial charge in [-0.1, -0.05) is 0 Å². The van der Waals surface area contributed by atoms with Crippen LogP contribution in [0.2, 0.25) is 0 Å². The Kier molecular flexibility index (Phi) is 4.76. The first-order chi connectivity index (χ1) is 8.33. The molecule has 5 heteroatoms. The van der Waals surface area contributed by atoms with Crippen LogP contribution >= 0.6 is 0 Å². The van der Waals surface area contributed by atoms with Gasteiger partial charge in [-0.05, 0) is 52.2 Å². The molecule has 1 amide bonds. The molecular weight excluding hydrogens is 218 g/mol. The molecule has 5 nitrogen and oxygen atoms in total. The van der Waals surface area contributed by atoms with Crippen LogP contribution in [0, 0.1) is 0 Å². The summed E-state index contributed by atoms with van der Waals surface area (Å²) in [5, 5.41) is 3.36. The second-order valence-electron chi connectivity index (χ2n) is 4.78. The van der Waals surface area contributed by atoms with Crippen LogP contribution in [0.25, 0.3) is 0 Å². The van der Waals surface area contributed by atoms with E-state index in [0.29, 0.717) is 12.6 Å². The highest BCUT2D eigenvalue weighted by Crippen LogP contribution is 2.24. The molecule has 0 aromatic heterocycles. The average molecular weight is 241 g/mol. The third kappa shape index (κ3) is 3.18. The van der Waals surface area contributed by atoms with Crippen molar-refractivity contribution in [3.05, 3.63) is 0 Å². The fraction of sp³-hybridized carbons (Fsp3) is 0.917. The number of carbonyl (C=O) groups excluding carboxylic acids is 1. The van der Waals surface area contributed by atoms with Gasteiger partial charge in [-0.3, -0.25) is 14.5 Å². The molecule has 2 fully saturated rings. The molecule has 0 radical (unpaired) electrons. The van der Waals surface area contributed by atoms with Crippen molar-refractivity contribution in [2.75, 3.05) is 26.2 Å². The molecule has 17 heavy (non-hydrogen) atoms. The summed E-state index contributed by atoms with van der Waals surface area (Å²) in [5.41, 5.74) is 2.55. The van der Waals surface area contributed by atoms with Gasteiger partial charge in [0, 0.05) is 6.04 Å². The minimum atomic E-state index is 0.0182. The van der Waals surface area contributed by atoms with Crippen molar-refractivity contribution in [2.24, 2.45) is 0 Å². The lowest BCUT2D eigenvalue weighted by Gasteiger charge is -2.34. The summed E-state index contributed by atoms with van der Waals surface area (Å²) in [4.78, 5) is 19.3. The lowest BCUT2D eigenvalue weighted by molar-refractivity contribution is -0.138. The SMILES string of the molecule is CCONC(=O)C1CCCN1C1CCNCC1. The van der Waals surface area contributed by atoms with Gasteiger partial charge in [0.25, 0.3) is 5.91 Å². The Balaban J connectivity index is 1.89. The standard InChI is InChI=1S/C12H23N3O2/c1-2-17-14-12(16)11-4-3-9-15(11)10-5-7-13-8-6-10/h10-11,13H,2-9H2,1H3,(H,14,16). The Morgan fingerprint density at radius 1 is 1.41 bits per heavy atom. The minimum absolute atomic E-state index is 0.0182. The second kappa shape index (κ2) is 6.33. The average Bonchev–Trinajstić information content (AvgIpc) is 2.86. The molecule has 98 valence electrons. The van der Waals surface area contributed by atoms with E-state index in [1.807, 2.05) is 6.92 Å². The number of carbonyl (C=O) groups is 1. The number of hydrogen-bond donors (Lipinski definition) is 2. The summed E-state index contributed by atoms with van der Waals surface area (Å²) in [6.07, 6.45) is 4.38. The zero-order valence-electron chi connectivity index (χ0n) is 10.6. The summed E-state index contributed by atoms with van der Waals surface area (Å²) in [5.74, 6) is 0.0304. The van der Waals surface area contributed by atoms with Crippen molar-refractivity contribution >= 4 is 5.91 Å². The molecule has 2 heterocycles. The normalized spacial score (nSPS) is 27.2. The van der Waals surface area contributed by atoms with Crippen molar-refractivity contribution in [1.82, 2.24) is 15.7 Å². The second-order valence-corrected chi connectivity index (χ2v) is 4.78. The Labute approximate surface area is 103 Å². The van der Waals surface area contributed by atoms with Crippen LogP contribution in [0.4, 0.5) is 0 Å². The Bertz CT molecular complexity index is 254. The van der Waals surface area contributed by atoms with Crippen LogP contribution in [0.3, 0.4) is 0 Å². The molecule has 2 aliphatic heterocycles. The fourth-order valence-electron chi connectivity index (χ4n) is 2.86. The van der Waals surface area contributed by atoms with Gasteiger partial charge in [-0.25, -0.2) is 5.48 Å². The monoisotopic (exact) mass is 241 g/mol. The van der Waals surface area contributed by atoms with E-state index in [1.54, 1.807) is 0 Å². The molecule has 2 aliphatic rings. The predicted molar refractivity (Wildman–Crippen MR) is 65.4 cm³/mol. The van der Waals surface area contributed by atoms with E-state index in [1.165, 1.54) is 0 Å². The van der Waals surface area contributed by atoms with Gasteiger partial charge in [0.2, 0.25) is 0 Å². The van der Waals surface area contributed by atoms with Gasteiger partial charge in [0.15, 0.2) is 0 Å². The molecule has 1 unspecified atom stereocenters. The van der Waals surface area contributed by atoms with Gasteiger partial charge in [-0.2, -0.15) is 0 Å². The molecule has 1 atom stereocenters. The van der Waals surface area contributed by atoms with E-state index in [-0.39, 0.29) is 11.9 Å². The van der Waals surface area contributed by atoms with Crippen LogP contribution < -0.4 is 10.8 Å². The van der Waals surface area contributed by atoms with Crippen LogP contribution in [-0.2, 0) is 9.63 Å². The maximum atomic E-state index is 12.0. The largest absolute Gasteiger partial charge is 0.317 e. The Morgan fingerprint density at radius 3 is 2.88 bits per heavy atom. The highest BCUT2D eigenvalue weighted by atomic mass is 16.6. The summed E-state index contributed by atoms with van der Waals surface area (Å²) in [6, 6.07) is 0.584. The van der Waals surface area contributed by atoms with Gasteiger partial charge in [-0.15, -0.1) is 0 Å². The number of piperidine rings is 1. The first-order valence-corrected chi connectivity index (χ1v) is 6.71. The third-order valence-electron chi connectivity index (χ3n) is 3.69. The highest BCUT2D eigenvalue weighted by molar-refractivity contribution is 5.81. The lowest BCUT2D eigenvalue weighted by atomic mass is 10.0. The molecule has 0 aliphatic carbocycles. The van der Waals surface area contributed by atoms with Gasteiger partial charge >= 0.3 is 0 Å². The number of likely N-dealkylation sites (tertiary alicyclic amines) is 1. The molecule has 0 aromatic carbocycles. The van der Waals surface area contributed by atoms with Crippen LogP contribution in [0.5, 0.6) is 0 Å². The predicted octanol–water partition coefficient (Wildman–Crippen LogP) is 0.271. The molecular formula is C12H23N3O2. The molecule has 0 spiro atoms. The van der Waals surface area contributed by atoms with Crippen LogP contribution in [-0.4, -0.2) is 49.1 Å². The molecule has 0 saturated carbocycles. The minimum Gasteiger partial charge on any atom is -0.317 e.